The van der Waals surface area contributed by atoms with Gasteiger partial charge < -0.3 is 20.5 Å². The van der Waals surface area contributed by atoms with Crippen LogP contribution in [0.25, 0.3) is 10.9 Å². The van der Waals surface area contributed by atoms with Crippen molar-refractivity contribution in [3.8, 4) is 0 Å². The van der Waals surface area contributed by atoms with Crippen LogP contribution in [-0.2, 0) is 20.8 Å². The van der Waals surface area contributed by atoms with Crippen LogP contribution in [-0.4, -0.2) is 50.9 Å². The number of aromatic nitrogens is 1. The van der Waals surface area contributed by atoms with Gasteiger partial charge in [-0.25, -0.2) is 0 Å². The van der Waals surface area contributed by atoms with E-state index in [-0.39, 0.29) is 5.92 Å². The molecule has 0 unspecified atom stereocenters. The number of ketones is 2. The number of carbonyl (C=O) groups excluding carboxylic acids is 3. The second-order valence-electron chi connectivity index (χ2n) is 11.4. The summed E-state index contributed by atoms with van der Waals surface area (Å²) in [5.41, 5.74) is 2.46. The van der Waals surface area contributed by atoms with Gasteiger partial charge in [0.1, 0.15) is 11.5 Å². The topological polar surface area (TPSA) is 119 Å². The molecule has 1 saturated heterocycles. The van der Waals surface area contributed by atoms with Crippen molar-refractivity contribution in [1.82, 2.24) is 10.3 Å². The normalized spacial score (nSPS) is 36.7. The van der Waals surface area contributed by atoms with Gasteiger partial charge in [0.2, 0.25) is 5.91 Å². The molecule has 0 radical (unpaired) electrons. The van der Waals surface area contributed by atoms with E-state index < -0.39 is 53.0 Å². The Bertz CT molecular complexity index is 1460. The first-order valence-corrected chi connectivity index (χ1v) is 13.6. The standard InChI is InChI=1S/C32H36N2O5/c1-17-8-7-10-23-30(38)20(4)19(3)28-25(15-21-16-33-24-11-6-5-9-22(21)24)34-31(39)32(23,28)27(36)13-12-26(35)29(37)18(2)14-17/h5-7,9-14,16-17,23,25,28-30,33,37-38H,8,15H2,1-4H3,(H,34,39)/b10-7+,13-12+,18-14+/t17-,23-,25-,28-,29+,30+,32+/m0/s1. The second kappa shape index (κ2) is 10.2. The van der Waals surface area contributed by atoms with Gasteiger partial charge in [-0.1, -0.05) is 48.9 Å². The number of para-hydroxylation sites is 1. The van der Waals surface area contributed by atoms with Crippen molar-refractivity contribution in [2.24, 2.45) is 23.2 Å². The third-order valence-corrected chi connectivity index (χ3v) is 9.00. The van der Waals surface area contributed by atoms with Gasteiger partial charge in [0.15, 0.2) is 11.6 Å². The summed E-state index contributed by atoms with van der Waals surface area (Å²) < 4.78 is 0. The number of aromatic amines is 1. The predicted molar refractivity (Wildman–Crippen MR) is 150 cm³/mol. The molecule has 7 nitrogen and oxygen atoms in total. The summed E-state index contributed by atoms with van der Waals surface area (Å²) in [7, 11) is 0. The Labute approximate surface area is 228 Å². The van der Waals surface area contributed by atoms with Crippen molar-refractivity contribution in [2.45, 2.75) is 58.8 Å². The lowest BCUT2D eigenvalue weighted by Gasteiger charge is -2.45. The molecule has 0 saturated carbocycles. The lowest BCUT2D eigenvalue weighted by Crippen LogP contribution is -2.55. The highest BCUT2D eigenvalue weighted by molar-refractivity contribution is 6.15. The molecule has 204 valence electrons. The molecular weight excluding hydrogens is 492 g/mol. The maximum atomic E-state index is 14.2. The van der Waals surface area contributed by atoms with Crippen molar-refractivity contribution in [3.63, 3.8) is 0 Å². The molecule has 1 fully saturated rings. The van der Waals surface area contributed by atoms with Crippen LogP contribution in [0.3, 0.4) is 0 Å². The molecular formula is C32H36N2O5. The summed E-state index contributed by atoms with van der Waals surface area (Å²) in [5, 5.41) is 26.2. The van der Waals surface area contributed by atoms with Gasteiger partial charge >= 0.3 is 0 Å². The number of amides is 1. The van der Waals surface area contributed by atoms with E-state index >= 15 is 0 Å². The molecule has 1 amide bonds. The van der Waals surface area contributed by atoms with Crippen molar-refractivity contribution in [1.29, 1.82) is 0 Å². The van der Waals surface area contributed by atoms with Crippen LogP contribution < -0.4 is 5.32 Å². The zero-order chi connectivity index (χ0) is 28.1. The fourth-order valence-corrected chi connectivity index (χ4v) is 6.88. The number of hydrogen-bond donors (Lipinski definition) is 4. The molecule has 2 aromatic rings. The van der Waals surface area contributed by atoms with Crippen LogP contribution in [0.1, 0.15) is 39.7 Å². The van der Waals surface area contributed by atoms with E-state index in [1.807, 2.05) is 69.5 Å². The molecule has 1 aliphatic heterocycles. The summed E-state index contributed by atoms with van der Waals surface area (Å²) in [6, 6.07) is 7.55. The van der Waals surface area contributed by atoms with Gasteiger partial charge in [0.05, 0.1) is 6.10 Å². The molecule has 0 bridgehead atoms. The molecule has 7 heteroatoms. The Morgan fingerprint density at radius 2 is 1.77 bits per heavy atom. The molecule has 7 atom stereocenters. The third kappa shape index (κ3) is 4.34. The number of aliphatic hydroxyl groups excluding tert-OH is 2. The second-order valence-corrected chi connectivity index (χ2v) is 11.4. The van der Waals surface area contributed by atoms with E-state index in [4.69, 9.17) is 0 Å². The first-order chi connectivity index (χ1) is 18.6. The van der Waals surface area contributed by atoms with Crippen molar-refractivity contribution in [3.05, 3.63) is 83.1 Å². The van der Waals surface area contributed by atoms with Gasteiger partial charge in [-0.3, -0.25) is 14.4 Å². The average Bonchev–Trinajstić information content (AvgIpc) is 3.45. The number of aliphatic hydroxyl groups is 2. The first kappa shape index (κ1) is 27.0. The number of carbonyl (C=O) groups is 3. The molecule has 4 N–H and O–H groups in total. The zero-order valence-electron chi connectivity index (χ0n) is 22.8. The summed E-state index contributed by atoms with van der Waals surface area (Å²) >= 11 is 0. The SMILES string of the molecule is CC1=C(C)[C@H]2[C@H](Cc3c[nH]c4ccccc34)NC(=O)[C@]23C(=O)/C=C/C(=O)[C@H](O)/C(C)=C/[C@@H](C)C/C=C/[C@H]3[C@@H]1O. The maximum Gasteiger partial charge on any atom is 0.235 e. The Hall–Kier alpha value is -3.55. The fourth-order valence-electron chi connectivity index (χ4n) is 6.88. The van der Waals surface area contributed by atoms with Gasteiger partial charge in [0, 0.05) is 35.0 Å². The maximum absolute atomic E-state index is 14.2. The highest BCUT2D eigenvalue weighted by Crippen LogP contribution is 2.55. The van der Waals surface area contributed by atoms with Crippen LogP contribution in [0.2, 0.25) is 0 Å². The molecule has 39 heavy (non-hydrogen) atoms. The third-order valence-electron chi connectivity index (χ3n) is 9.00. The van der Waals surface area contributed by atoms with Gasteiger partial charge in [-0.2, -0.15) is 0 Å². The quantitative estimate of drug-likeness (QED) is 0.350. The van der Waals surface area contributed by atoms with E-state index in [1.54, 1.807) is 6.92 Å². The minimum Gasteiger partial charge on any atom is -0.388 e. The smallest absolute Gasteiger partial charge is 0.235 e. The monoisotopic (exact) mass is 528 g/mol. The van der Waals surface area contributed by atoms with Crippen LogP contribution in [0, 0.1) is 23.2 Å². The average molecular weight is 529 g/mol. The molecule has 1 aromatic carbocycles. The van der Waals surface area contributed by atoms with Crippen molar-refractivity contribution < 1.29 is 24.6 Å². The molecule has 1 spiro atoms. The van der Waals surface area contributed by atoms with Gasteiger partial charge in [-0.05, 0) is 74.5 Å². The Morgan fingerprint density at radius 3 is 2.54 bits per heavy atom. The minimum atomic E-state index is -1.63. The molecule has 2 heterocycles. The van der Waals surface area contributed by atoms with Crippen molar-refractivity contribution >= 4 is 28.4 Å². The molecule has 2 aliphatic carbocycles. The van der Waals surface area contributed by atoms with Crippen molar-refractivity contribution in [2.75, 3.05) is 0 Å². The van der Waals surface area contributed by atoms with E-state index in [0.717, 1.165) is 39.8 Å². The number of nitrogens with one attached hydrogen (secondary N) is 2. The number of allylic oxidation sites excluding steroid dienone is 3. The summed E-state index contributed by atoms with van der Waals surface area (Å²) in [4.78, 5) is 44.3. The first-order valence-electron chi connectivity index (χ1n) is 13.6. The molecule has 5 rings (SSSR count). The number of fused-ring (bicyclic) bond motifs is 1. The molecule has 1 aromatic heterocycles. The molecule has 3 aliphatic rings. The van der Waals surface area contributed by atoms with E-state index in [1.165, 1.54) is 0 Å². The summed E-state index contributed by atoms with van der Waals surface area (Å²) in [5.74, 6) is -2.94. The highest BCUT2D eigenvalue weighted by Gasteiger charge is 2.66. The Balaban J connectivity index is 1.65. The van der Waals surface area contributed by atoms with E-state index in [0.29, 0.717) is 18.4 Å². The van der Waals surface area contributed by atoms with Crippen LogP contribution in [0.15, 0.2) is 77.6 Å². The van der Waals surface area contributed by atoms with E-state index in [9.17, 15) is 24.6 Å². The van der Waals surface area contributed by atoms with E-state index in [2.05, 4.69) is 10.3 Å². The lowest BCUT2D eigenvalue weighted by molar-refractivity contribution is -0.144. The minimum absolute atomic E-state index is 0.00187. The van der Waals surface area contributed by atoms with Gasteiger partial charge in [-0.15, -0.1) is 0 Å². The Morgan fingerprint density at radius 1 is 1.03 bits per heavy atom. The number of hydrogen-bond acceptors (Lipinski definition) is 5. The predicted octanol–water partition coefficient (Wildman–Crippen LogP) is 3.74. The summed E-state index contributed by atoms with van der Waals surface area (Å²) in [6.07, 6.45) is 8.34. The number of benzene rings is 1. The largest absolute Gasteiger partial charge is 0.388 e. The lowest BCUT2D eigenvalue weighted by atomic mass is 9.55. The highest BCUT2D eigenvalue weighted by atomic mass is 16.3. The number of H-pyrrole nitrogens is 1. The number of rotatable bonds is 2. The van der Waals surface area contributed by atoms with Crippen LogP contribution in [0.4, 0.5) is 0 Å². The van der Waals surface area contributed by atoms with Gasteiger partial charge in [0.25, 0.3) is 0 Å². The van der Waals surface area contributed by atoms with Crippen LogP contribution >= 0.6 is 0 Å². The fraction of sp³-hybridized carbons (Fsp3) is 0.406. The Kier molecular flexibility index (Phi) is 7.08. The zero-order valence-corrected chi connectivity index (χ0v) is 22.8. The van der Waals surface area contributed by atoms with Crippen LogP contribution in [0.5, 0.6) is 0 Å². The summed E-state index contributed by atoms with van der Waals surface area (Å²) in [6.45, 7) is 7.40.